The topological polar surface area (TPSA) is 69.9 Å². The Kier molecular flexibility index (Phi) is 4.12. The maximum atomic E-state index is 10.5. The van der Waals surface area contributed by atoms with Gasteiger partial charge in [0.15, 0.2) is 0 Å². The van der Waals surface area contributed by atoms with Gasteiger partial charge in [-0.05, 0) is 17.5 Å². The minimum atomic E-state index is -1.03. The smallest absolute Gasteiger partial charge is 0.321 e. The number of halogens is 1. The zero-order chi connectivity index (χ0) is 11.3. The summed E-state index contributed by atoms with van der Waals surface area (Å²) in [6, 6.07) is 6.94. The van der Waals surface area contributed by atoms with Crippen LogP contribution in [-0.4, -0.2) is 27.9 Å². The van der Waals surface area contributed by atoms with Crippen LogP contribution in [-0.2, 0) is 11.2 Å². The lowest BCUT2D eigenvalue weighted by molar-refractivity contribution is -0.136. The van der Waals surface area contributed by atoms with Gasteiger partial charge in [-0.2, -0.15) is 0 Å². The lowest BCUT2D eigenvalue weighted by Gasteiger charge is -2.04. The van der Waals surface area contributed by atoms with Gasteiger partial charge in [0.05, 0.1) is 6.21 Å². The van der Waals surface area contributed by atoms with Crippen LogP contribution in [0.3, 0.4) is 0 Å². The molecular formula is C10H10ClNO3. The molecule has 1 atom stereocenters. The van der Waals surface area contributed by atoms with Crippen molar-refractivity contribution in [3.8, 4) is 0 Å². The first kappa shape index (κ1) is 11.5. The Balaban J connectivity index is 2.68. The second kappa shape index (κ2) is 5.36. The van der Waals surface area contributed by atoms with Crippen LogP contribution in [0.25, 0.3) is 0 Å². The number of benzene rings is 1. The Labute approximate surface area is 91.8 Å². The molecule has 1 aromatic rings. The van der Waals surface area contributed by atoms with Crippen LogP contribution >= 0.6 is 11.6 Å². The fraction of sp³-hybridized carbons (Fsp3) is 0.200. The van der Waals surface area contributed by atoms with Gasteiger partial charge in [0.2, 0.25) is 0 Å². The number of alkyl halides is 1. The van der Waals surface area contributed by atoms with Crippen molar-refractivity contribution in [3.05, 3.63) is 35.4 Å². The third-order valence-corrected chi connectivity index (χ3v) is 2.21. The second-order valence-electron chi connectivity index (χ2n) is 3.00. The molecule has 80 valence electrons. The maximum Gasteiger partial charge on any atom is 0.321 e. The van der Waals surface area contributed by atoms with E-state index in [1.165, 1.54) is 6.21 Å². The third-order valence-electron chi connectivity index (χ3n) is 1.87. The van der Waals surface area contributed by atoms with Gasteiger partial charge in [0.1, 0.15) is 5.38 Å². The van der Waals surface area contributed by atoms with Gasteiger partial charge >= 0.3 is 5.97 Å². The normalized spacial score (nSPS) is 12.9. The number of oxime groups is 1. The van der Waals surface area contributed by atoms with E-state index in [0.29, 0.717) is 0 Å². The van der Waals surface area contributed by atoms with E-state index < -0.39 is 11.3 Å². The Bertz CT molecular complexity index is 361. The van der Waals surface area contributed by atoms with E-state index in [4.69, 9.17) is 21.9 Å². The molecule has 0 saturated carbocycles. The summed E-state index contributed by atoms with van der Waals surface area (Å²) in [5.41, 5.74) is 1.56. The molecule has 0 saturated heterocycles. The second-order valence-corrected chi connectivity index (χ2v) is 3.52. The van der Waals surface area contributed by atoms with Crippen LogP contribution in [0.2, 0.25) is 0 Å². The highest BCUT2D eigenvalue weighted by atomic mass is 35.5. The van der Waals surface area contributed by atoms with Crippen LogP contribution in [0.15, 0.2) is 29.4 Å². The molecule has 1 unspecified atom stereocenters. The Morgan fingerprint density at radius 2 is 2.07 bits per heavy atom. The monoisotopic (exact) mass is 227 g/mol. The van der Waals surface area contributed by atoms with Crippen molar-refractivity contribution in [2.45, 2.75) is 11.8 Å². The number of rotatable bonds is 4. The van der Waals surface area contributed by atoms with Gasteiger partial charge in [0, 0.05) is 0 Å². The average Bonchev–Trinajstić information content (AvgIpc) is 2.21. The molecular weight excluding hydrogens is 218 g/mol. The van der Waals surface area contributed by atoms with Crippen molar-refractivity contribution < 1.29 is 15.1 Å². The lowest BCUT2D eigenvalue weighted by atomic mass is 10.1. The standard InChI is InChI=1S/C10H10ClNO3/c11-9(10(13)14)5-7-1-3-8(4-2-7)6-12-15/h1-4,6,9,15H,5H2,(H,13,14)/b12-6+. The van der Waals surface area contributed by atoms with Crippen molar-refractivity contribution in [1.82, 2.24) is 0 Å². The zero-order valence-corrected chi connectivity index (χ0v) is 8.55. The van der Waals surface area contributed by atoms with Gasteiger partial charge in [-0.3, -0.25) is 4.79 Å². The summed E-state index contributed by atoms with van der Waals surface area (Å²) in [5.74, 6) is -1.03. The molecule has 4 nitrogen and oxygen atoms in total. The van der Waals surface area contributed by atoms with Gasteiger partial charge in [0.25, 0.3) is 0 Å². The molecule has 0 radical (unpaired) electrons. The molecule has 0 heterocycles. The highest BCUT2D eigenvalue weighted by Crippen LogP contribution is 2.09. The summed E-state index contributed by atoms with van der Waals surface area (Å²) in [6.07, 6.45) is 1.56. The summed E-state index contributed by atoms with van der Waals surface area (Å²) in [4.78, 5) is 10.5. The fourth-order valence-electron chi connectivity index (χ4n) is 1.10. The molecule has 1 rings (SSSR count). The van der Waals surface area contributed by atoms with E-state index in [2.05, 4.69) is 5.16 Å². The summed E-state index contributed by atoms with van der Waals surface area (Å²) >= 11 is 5.59. The van der Waals surface area contributed by atoms with Crippen LogP contribution in [0.1, 0.15) is 11.1 Å². The van der Waals surface area contributed by atoms with Gasteiger partial charge in [-0.25, -0.2) is 0 Å². The fourth-order valence-corrected chi connectivity index (χ4v) is 1.28. The predicted octanol–water partition coefficient (Wildman–Crippen LogP) is 1.73. The SMILES string of the molecule is O=C(O)C(Cl)Cc1ccc(/C=N/O)cc1. The number of nitrogens with zero attached hydrogens (tertiary/aromatic N) is 1. The van der Waals surface area contributed by atoms with Gasteiger partial charge in [-0.1, -0.05) is 29.4 Å². The van der Waals surface area contributed by atoms with Crippen LogP contribution in [0.4, 0.5) is 0 Å². The van der Waals surface area contributed by atoms with Crippen molar-refractivity contribution >= 4 is 23.8 Å². The largest absolute Gasteiger partial charge is 0.480 e. The molecule has 1 aromatic carbocycles. The third kappa shape index (κ3) is 3.59. The zero-order valence-electron chi connectivity index (χ0n) is 7.80. The molecule has 0 bridgehead atoms. The Morgan fingerprint density at radius 3 is 2.53 bits per heavy atom. The predicted molar refractivity (Wildman–Crippen MR) is 56.8 cm³/mol. The van der Waals surface area contributed by atoms with E-state index in [1.807, 2.05) is 0 Å². The first-order valence-corrected chi connectivity index (χ1v) is 4.70. The molecule has 5 heteroatoms. The number of carboxylic acid groups (broad SMARTS) is 1. The Hall–Kier alpha value is -1.55. The van der Waals surface area contributed by atoms with Gasteiger partial charge in [-0.15, -0.1) is 11.6 Å². The molecule has 0 aromatic heterocycles. The summed E-state index contributed by atoms with van der Waals surface area (Å²) in [5, 5.41) is 18.8. The quantitative estimate of drug-likeness (QED) is 0.356. The van der Waals surface area contributed by atoms with Crippen molar-refractivity contribution in [2.24, 2.45) is 5.16 Å². The molecule has 15 heavy (non-hydrogen) atoms. The van der Waals surface area contributed by atoms with Crippen LogP contribution < -0.4 is 0 Å². The first-order valence-electron chi connectivity index (χ1n) is 4.26. The van der Waals surface area contributed by atoms with E-state index in [1.54, 1.807) is 24.3 Å². The number of aliphatic carboxylic acids is 1. The van der Waals surface area contributed by atoms with Crippen LogP contribution in [0, 0.1) is 0 Å². The maximum absolute atomic E-state index is 10.5. The van der Waals surface area contributed by atoms with Crippen molar-refractivity contribution in [2.75, 3.05) is 0 Å². The van der Waals surface area contributed by atoms with Gasteiger partial charge < -0.3 is 10.3 Å². The molecule has 0 fully saturated rings. The molecule has 0 aliphatic heterocycles. The number of hydrogen-bond donors (Lipinski definition) is 2. The summed E-state index contributed by atoms with van der Waals surface area (Å²) in [6.45, 7) is 0. The Morgan fingerprint density at radius 1 is 1.47 bits per heavy atom. The van der Waals surface area contributed by atoms with Crippen LogP contribution in [0.5, 0.6) is 0 Å². The van der Waals surface area contributed by atoms with E-state index in [9.17, 15) is 4.79 Å². The summed E-state index contributed by atoms with van der Waals surface area (Å²) < 4.78 is 0. The lowest BCUT2D eigenvalue weighted by Crippen LogP contribution is -2.15. The highest BCUT2D eigenvalue weighted by molar-refractivity contribution is 6.29. The van der Waals surface area contributed by atoms with Crippen molar-refractivity contribution in [1.29, 1.82) is 0 Å². The molecule has 0 aliphatic rings. The highest BCUT2D eigenvalue weighted by Gasteiger charge is 2.13. The summed E-state index contributed by atoms with van der Waals surface area (Å²) in [7, 11) is 0. The minimum absolute atomic E-state index is 0.271. The molecule has 2 N–H and O–H groups in total. The number of carboxylic acids is 1. The average molecular weight is 228 g/mol. The number of carbonyl (C=O) groups is 1. The molecule has 0 spiro atoms. The minimum Gasteiger partial charge on any atom is -0.480 e. The first-order chi connectivity index (χ1) is 7.13. The van der Waals surface area contributed by atoms with E-state index >= 15 is 0 Å². The molecule has 0 aliphatic carbocycles. The van der Waals surface area contributed by atoms with Crippen molar-refractivity contribution in [3.63, 3.8) is 0 Å². The molecule has 0 amide bonds. The number of hydrogen-bond acceptors (Lipinski definition) is 3. The van der Waals surface area contributed by atoms with E-state index in [-0.39, 0.29) is 6.42 Å². The van der Waals surface area contributed by atoms with E-state index in [0.717, 1.165) is 11.1 Å².